The normalized spacial score (nSPS) is 41.0. The second kappa shape index (κ2) is 6.92. The number of aliphatic hydroxyl groups is 1. The quantitative estimate of drug-likeness (QED) is 0.555. The molecule has 5 nitrogen and oxygen atoms in total. The van der Waals surface area contributed by atoms with Crippen LogP contribution in [-0.4, -0.2) is 57.7 Å². The van der Waals surface area contributed by atoms with E-state index in [1.165, 1.54) is 24.9 Å². The van der Waals surface area contributed by atoms with Crippen molar-refractivity contribution in [2.24, 2.45) is 22.7 Å². The largest absolute Gasteiger partial charge is 0.504 e. The van der Waals surface area contributed by atoms with Gasteiger partial charge in [-0.25, -0.2) is 0 Å². The lowest BCUT2D eigenvalue weighted by atomic mass is 9.33. The zero-order valence-electron chi connectivity index (χ0n) is 21.7. The van der Waals surface area contributed by atoms with Crippen LogP contribution in [0.5, 0.6) is 11.5 Å². The highest BCUT2D eigenvalue weighted by Gasteiger charge is 2.75. The number of hydrogen-bond donors (Lipinski definition) is 3. The van der Waals surface area contributed by atoms with E-state index in [4.69, 9.17) is 4.74 Å². The third-order valence-corrected chi connectivity index (χ3v) is 11.6. The van der Waals surface area contributed by atoms with Crippen molar-refractivity contribution in [1.29, 1.82) is 0 Å². The van der Waals surface area contributed by atoms with Crippen LogP contribution in [0.15, 0.2) is 12.1 Å². The van der Waals surface area contributed by atoms with Crippen LogP contribution in [0.25, 0.3) is 0 Å². The van der Waals surface area contributed by atoms with Crippen molar-refractivity contribution >= 4 is 0 Å². The smallest absolute Gasteiger partial charge is 0.161 e. The summed E-state index contributed by atoms with van der Waals surface area (Å²) in [7, 11) is 1.83. The van der Waals surface area contributed by atoms with Crippen molar-refractivity contribution in [2.45, 2.75) is 102 Å². The van der Waals surface area contributed by atoms with Gasteiger partial charge in [-0.2, -0.15) is 0 Å². The SMILES string of the molecule is CO[C@@]12CC[C@]3(C[C@H]1C(C)(O)C(C)(C)C)[C@@H]1Cc4ccc(O)c(O)c4[C@]3(CCN1CC1CC1)C2. The van der Waals surface area contributed by atoms with E-state index in [0.717, 1.165) is 56.6 Å². The number of ether oxygens (including phenoxy) is 1. The maximum absolute atomic E-state index is 12.1. The van der Waals surface area contributed by atoms with Crippen LogP contribution in [0.3, 0.4) is 0 Å². The predicted octanol–water partition coefficient (Wildman–Crippen LogP) is 4.75. The molecule has 6 atom stereocenters. The van der Waals surface area contributed by atoms with Gasteiger partial charge in [-0.1, -0.05) is 26.8 Å². The summed E-state index contributed by atoms with van der Waals surface area (Å²) in [5.41, 5.74) is 0.337. The van der Waals surface area contributed by atoms with Gasteiger partial charge in [-0.15, -0.1) is 0 Å². The van der Waals surface area contributed by atoms with E-state index in [-0.39, 0.29) is 33.7 Å². The Balaban J connectivity index is 1.56. The Labute approximate surface area is 204 Å². The van der Waals surface area contributed by atoms with E-state index in [1.54, 1.807) is 6.07 Å². The van der Waals surface area contributed by atoms with Gasteiger partial charge in [0, 0.05) is 36.6 Å². The highest BCUT2D eigenvalue weighted by atomic mass is 16.5. The van der Waals surface area contributed by atoms with E-state index in [1.807, 2.05) is 14.0 Å². The Morgan fingerprint density at radius 3 is 2.47 bits per heavy atom. The minimum absolute atomic E-state index is 0.00622. The number of hydrogen-bond acceptors (Lipinski definition) is 5. The third kappa shape index (κ3) is 2.72. The number of benzene rings is 1. The average molecular weight is 470 g/mol. The molecule has 1 saturated heterocycles. The Morgan fingerprint density at radius 2 is 1.82 bits per heavy atom. The predicted molar refractivity (Wildman–Crippen MR) is 132 cm³/mol. The molecule has 4 saturated carbocycles. The van der Waals surface area contributed by atoms with Gasteiger partial charge in [0.1, 0.15) is 0 Å². The van der Waals surface area contributed by atoms with Gasteiger partial charge in [-0.05, 0) is 93.2 Å². The molecule has 188 valence electrons. The fourth-order valence-electron chi connectivity index (χ4n) is 9.11. The van der Waals surface area contributed by atoms with Crippen molar-refractivity contribution in [3.8, 4) is 11.5 Å². The molecule has 4 bridgehead atoms. The first kappa shape index (κ1) is 23.1. The monoisotopic (exact) mass is 469 g/mol. The van der Waals surface area contributed by atoms with E-state index >= 15 is 0 Å². The molecule has 1 aromatic rings. The van der Waals surface area contributed by atoms with Crippen molar-refractivity contribution < 1.29 is 20.1 Å². The molecule has 3 N–H and O–H groups in total. The Kier molecular flexibility index (Phi) is 4.71. The maximum atomic E-state index is 12.1. The molecule has 1 spiro atoms. The zero-order valence-corrected chi connectivity index (χ0v) is 21.7. The van der Waals surface area contributed by atoms with Gasteiger partial charge in [0.2, 0.25) is 0 Å². The molecule has 34 heavy (non-hydrogen) atoms. The number of likely N-dealkylation sites (tertiary alicyclic amines) is 1. The van der Waals surface area contributed by atoms with Gasteiger partial charge in [-0.3, -0.25) is 4.90 Å². The van der Waals surface area contributed by atoms with Gasteiger partial charge < -0.3 is 20.1 Å². The summed E-state index contributed by atoms with van der Waals surface area (Å²) < 4.78 is 6.46. The van der Waals surface area contributed by atoms with Crippen molar-refractivity contribution in [3.05, 3.63) is 23.3 Å². The van der Waals surface area contributed by atoms with Crippen LogP contribution in [0.1, 0.15) is 83.8 Å². The van der Waals surface area contributed by atoms with Gasteiger partial charge in [0.15, 0.2) is 11.5 Å². The van der Waals surface area contributed by atoms with Crippen molar-refractivity contribution in [3.63, 3.8) is 0 Å². The van der Waals surface area contributed by atoms with Crippen LogP contribution in [0.4, 0.5) is 0 Å². The zero-order chi connectivity index (χ0) is 24.3. The molecule has 5 fully saturated rings. The Morgan fingerprint density at radius 1 is 1.09 bits per heavy atom. The lowest BCUT2D eigenvalue weighted by molar-refractivity contribution is -0.282. The fourth-order valence-corrected chi connectivity index (χ4v) is 9.11. The van der Waals surface area contributed by atoms with Crippen LogP contribution >= 0.6 is 0 Å². The molecule has 0 aromatic heterocycles. The first-order chi connectivity index (χ1) is 15.9. The second-order valence-corrected chi connectivity index (χ2v) is 13.7. The Bertz CT molecular complexity index is 1010. The molecule has 5 aliphatic carbocycles. The van der Waals surface area contributed by atoms with Gasteiger partial charge >= 0.3 is 0 Å². The summed E-state index contributed by atoms with van der Waals surface area (Å²) in [6, 6.07) is 4.13. The summed E-state index contributed by atoms with van der Waals surface area (Å²) in [4.78, 5) is 2.77. The molecule has 0 radical (unpaired) electrons. The number of fused-ring (bicyclic) bond motifs is 3. The summed E-state index contributed by atoms with van der Waals surface area (Å²) in [5.74, 6) is 0.936. The fraction of sp³-hybridized carbons (Fsp3) is 0.793. The lowest BCUT2D eigenvalue weighted by Crippen LogP contribution is -2.78. The highest BCUT2D eigenvalue weighted by molar-refractivity contribution is 5.58. The molecular formula is C29H43NO4. The first-order valence-corrected chi connectivity index (χ1v) is 13.5. The van der Waals surface area contributed by atoms with Gasteiger partial charge in [0.05, 0.1) is 11.2 Å². The number of rotatable bonds is 4. The lowest BCUT2D eigenvalue weighted by Gasteiger charge is -2.75. The van der Waals surface area contributed by atoms with Crippen LogP contribution in [0.2, 0.25) is 0 Å². The highest BCUT2D eigenvalue weighted by Crippen LogP contribution is 2.75. The summed E-state index contributed by atoms with van der Waals surface area (Å²) in [6.45, 7) is 10.7. The number of methoxy groups -OCH3 is 1. The number of nitrogens with zero attached hydrogens (tertiary/aromatic N) is 1. The molecule has 1 aromatic carbocycles. The molecular weight excluding hydrogens is 426 g/mol. The van der Waals surface area contributed by atoms with Crippen LogP contribution < -0.4 is 0 Å². The number of piperidine rings is 1. The minimum atomic E-state index is -0.880. The van der Waals surface area contributed by atoms with Crippen LogP contribution in [-0.2, 0) is 16.6 Å². The molecule has 1 heterocycles. The number of phenolic OH excluding ortho intramolecular Hbond substituents is 2. The standard InChI is InChI=1S/C29H43NO4/c1-25(2,3)26(4,33)21-15-27-10-11-29(21,34-5)17-28(27)12-13-30(16-18-6-7-18)22(27)14-19-8-9-20(31)24(32)23(19)28/h8-9,18,21-22,31-33H,6-7,10-17H2,1-5H3/t21-,22-,26?,27-,28-,29+/m0/s1. The molecule has 0 amide bonds. The molecule has 7 rings (SSSR count). The first-order valence-electron chi connectivity index (χ1n) is 13.5. The summed E-state index contributed by atoms with van der Waals surface area (Å²) in [5, 5.41) is 34.0. The second-order valence-electron chi connectivity index (χ2n) is 13.7. The summed E-state index contributed by atoms with van der Waals surface area (Å²) >= 11 is 0. The minimum Gasteiger partial charge on any atom is -0.504 e. The molecule has 1 unspecified atom stereocenters. The Hall–Kier alpha value is -1.30. The molecule has 1 aliphatic heterocycles. The van der Waals surface area contributed by atoms with Crippen LogP contribution in [0, 0.1) is 22.7 Å². The molecule has 6 aliphatic rings. The maximum Gasteiger partial charge on any atom is 0.161 e. The molecule has 5 heteroatoms. The van der Waals surface area contributed by atoms with Crippen molar-refractivity contribution in [1.82, 2.24) is 4.90 Å². The number of phenols is 2. The van der Waals surface area contributed by atoms with Gasteiger partial charge in [0.25, 0.3) is 0 Å². The number of aromatic hydroxyl groups is 2. The third-order valence-electron chi connectivity index (χ3n) is 11.6. The van der Waals surface area contributed by atoms with Crippen molar-refractivity contribution in [2.75, 3.05) is 20.2 Å². The topological polar surface area (TPSA) is 73.2 Å². The van der Waals surface area contributed by atoms with E-state index in [0.29, 0.717) is 6.04 Å². The van der Waals surface area contributed by atoms with E-state index < -0.39 is 11.2 Å². The van der Waals surface area contributed by atoms with E-state index in [9.17, 15) is 15.3 Å². The summed E-state index contributed by atoms with van der Waals surface area (Å²) in [6.07, 6.45) is 8.32. The average Bonchev–Trinajstić information content (AvgIpc) is 3.60. The van der Waals surface area contributed by atoms with E-state index in [2.05, 4.69) is 31.7 Å².